The number of nitrogens with zero attached hydrogens (tertiary/aromatic N) is 4. The Morgan fingerprint density at radius 2 is 2.13 bits per heavy atom. The van der Waals surface area contributed by atoms with E-state index >= 15 is 0 Å². The van der Waals surface area contributed by atoms with Crippen LogP contribution in [0.15, 0.2) is 6.20 Å². The SMILES string of the molecule is C[C@@H]1CN(C)CCN1c1c(N)cnn1C. The van der Waals surface area contributed by atoms with Gasteiger partial charge in [-0.05, 0) is 14.0 Å². The van der Waals surface area contributed by atoms with E-state index in [2.05, 4.69) is 28.9 Å². The lowest BCUT2D eigenvalue weighted by molar-refractivity contribution is 0.273. The highest BCUT2D eigenvalue weighted by atomic mass is 15.4. The fraction of sp³-hybridized carbons (Fsp3) is 0.700. The predicted molar refractivity (Wildman–Crippen MR) is 61.9 cm³/mol. The minimum Gasteiger partial charge on any atom is -0.394 e. The standard InChI is InChI=1S/C10H19N5/c1-8-7-13(2)4-5-15(8)10-9(11)6-12-14(10)3/h6,8H,4-5,7,11H2,1-3H3/t8-/m1/s1. The van der Waals surface area contributed by atoms with Gasteiger partial charge in [0.1, 0.15) is 5.82 Å². The van der Waals surface area contributed by atoms with Crippen LogP contribution < -0.4 is 10.6 Å². The summed E-state index contributed by atoms with van der Waals surface area (Å²) < 4.78 is 1.86. The second kappa shape index (κ2) is 3.73. The van der Waals surface area contributed by atoms with E-state index in [0.29, 0.717) is 6.04 Å². The van der Waals surface area contributed by atoms with E-state index in [-0.39, 0.29) is 0 Å². The zero-order valence-electron chi connectivity index (χ0n) is 9.64. The molecular weight excluding hydrogens is 190 g/mol. The van der Waals surface area contributed by atoms with Crippen LogP contribution >= 0.6 is 0 Å². The maximum atomic E-state index is 5.93. The summed E-state index contributed by atoms with van der Waals surface area (Å²) in [5.74, 6) is 1.05. The first-order chi connectivity index (χ1) is 7.09. The molecule has 0 saturated carbocycles. The highest BCUT2D eigenvalue weighted by Gasteiger charge is 2.25. The van der Waals surface area contributed by atoms with E-state index in [1.165, 1.54) is 0 Å². The molecule has 1 saturated heterocycles. The molecule has 1 aliphatic rings. The molecule has 1 aromatic heterocycles. The van der Waals surface area contributed by atoms with Crippen molar-refractivity contribution in [1.82, 2.24) is 14.7 Å². The first kappa shape index (κ1) is 10.3. The topological polar surface area (TPSA) is 50.3 Å². The van der Waals surface area contributed by atoms with E-state index in [0.717, 1.165) is 31.1 Å². The molecule has 1 aromatic rings. The molecule has 1 fully saturated rings. The van der Waals surface area contributed by atoms with Crippen molar-refractivity contribution in [3.63, 3.8) is 0 Å². The molecule has 0 amide bonds. The molecule has 1 aliphatic heterocycles. The zero-order valence-corrected chi connectivity index (χ0v) is 9.64. The molecule has 84 valence electrons. The van der Waals surface area contributed by atoms with E-state index < -0.39 is 0 Å². The van der Waals surface area contributed by atoms with Crippen LogP contribution in [-0.4, -0.2) is 47.4 Å². The van der Waals surface area contributed by atoms with Crippen molar-refractivity contribution in [2.24, 2.45) is 7.05 Å². The third-order valence-electron chi connectivity index (χ3n) is 3.04. The molecule has 0 aromatic carbocycles. The van der Waals surface area contributed by atoms with E-state index in [9.17, 15) is 0 Å². The molecule has 5 nitrogen and oxygen atoms in total. The van der Waals surface area contributed by atoms with E-state index in [1.807, 2.05) is 11.7 Å². The summed E-state index contributed by atoms with van der Waals surface area (Å²) in [4.78, 5) is 4.68. The average molecular weight is 209 g/mol. The van der Waals surface area contributed by atoms with E-state index in [1.54, 1.807) is 6.20 Å². The highest BCUT2D eigenvalue weighted by molar-refractivity contribution is 5.63. The quantitative estimate of drug-likeness (QED) is 0.715. The fourth-order valence-corrected chi connectivity index (χ4v) is 2.25. The molecular formula is C10H19N5. The van der Waals surface area contributed by atoms with E-state index in [4.69, 9.17) is 5.73 Å². The van der Waals surface area contributed by atoms with Crippen LogP contribution in [0, 0.1) is 0 Å². The third-order valence-corrected chi connectivity index (χ3v) is 3.04. The van der Waals surface area contributed by atoms with Crippen LogP contribution in [0.3, 0.4) is 0 Å². The maximum absolute atomic E-state index is 5.93. The Labute approximate surface area is 90.4 Å². The minimum absolute atomic E-state index is 0.487. The fourth-order valence-electron chi connectivity index (χ4n) is 2.25. The summed E-state index contributed by atoms with van der Waals surface area (Å²) in [5.41, 5.74) is 6.70. The Morgan fingerprint density at radius 1 is 1.40 bits per heavy atom. The second-order valence-corrected chi connectivity index (χ2v) is 4.35. The molecule has 5 heteroatoms. The summed E-state index contributed by atoms with van der Waals surface area (Å²) in [6.45, 7) is 5.39. The lowest BCUT2D eigenvalue weighted by atomic mass is 10.2. The molecule has 2 N–H and O–H groups in total. The number of anilines is 2. The van der Waals surface area contributed by atoms with Crippen LogP contribution in [0.4, 0.5) is 11.5 Å². The van der Waals surface area contributed by atoms with Crippen molar-refractivity contribution in [3.8, 4) is 0 Å². The number of likely N-dealkylation sites (N-methyl/N-ethyl adjacent to an activating group) is 1. The Kier molecular flexibility index (Phi) is 2.56. The summed E-state index contributed by atoms with van der Waals surface area (Å²) in [5, 5.41) is 4.18. The van der Waals surface area contributed by atoms with Gasteiger partial charge in [-0.2, -0.15) is 5.10 Å². The van der Waals surface area contributed by atoms with Crippen molar-refractivity contribution in [1.29, 1.82) is 0 Å². The number of nitrogens with two attached hydrogens (primary N) is 1. The van der Waals surface area contributed by atoms with Crippen LogP contribution in [0.1, 0.15) is 6.92 Å². The summed E-state index contributed by atoms with van der Waals surface area (Å²) in [7, 11) is 4.09. The Hall–Kier alpha value is -1.23. The highest BCUT2D eigenvalue weighted by Crippen LogP contribution is 2.25. The Balaban J connectivity index is 2.24. The van der Waals surface area contributed by atoms with Crippen molar-refractivity contribution < 1.29 is 0 Å². The number of nitrogen functional groups attached to an aromatic ring is 1. The molecule has 1 atom stereocenters. The van der Waals surface area contributed by atoms with Gasteiger partial charge in [0.2, 0.25) is 0 Å². The van der Waals surface area contributed by atoms with Gasteiger partial charge in [-0.25, -0.2) is 0 Å². The van der Waals surface area contributed by atoms with Gasteiger partial charge in [-0.3, -0.25) is 4.68 Å². The molecule has 0 unspecified atom stereocenters. The molecule has 15 heavy (non-hydrogen) atoms. The van der Waals surface area contributed by atoms with Crippen molar-refractivity contribution in [3.05, 3.63) is 6.20 Å². The summed E-state index contributed by atoms with van der Waals surface area (Å²) >= 11 is 0. The van der Waals surface area contributed by atoms with Crippen LogP contribution in [0.5, 0.6) is 0 Å². The van der Waals surface area contributed by atoms with Gasteiger partial charge in [0.15, 0.2) is 0 Å². The molecule has 0 spiro atoms. The van der Waals surface area contributed by atoms with Gasteiger partial charge in [-0.1, -0.05) is 0 Å². The molecule has 2 rings (SSSR count). The summed E-state index contributed by atoms with van der Waals surface area (Å²) in [6.07, 6.45) is 1.72. The van der Waals surface area contributed by atoms with Gasteiger partial charge in [0, 0.05) is 32.7 Å². The predicted octanol–water partition coefficient (Wildman–Crippen LogP) is 0.143. The largest absolute Gasteiger partial charge is 0.394 e. The smallest absolute Gasteiger partial charge is 0.150 e. The number of hydrogen-bond acceptors (Lipinski definition) is 4. The number of aromatic nitrogens is 2. The normalized spacial score (nSPS) is 23.4. The number of aryl methyl sites for hydroxylation is 1. The Bertz CT molecular complexity index is 326. The monoisotopic (exact) mass is 209 g/mol. The lowest BCUT2D eigenvalue weighted by Crippen LogP contribution is -2.51. The summed E-state index contributed by atoms with van der Waals surface area (Å²) in [6, 6.07) is 0.487. The van der Waals surface area contributed by atoms with Crippen LogP contribution in [0.25, 0.3) is 0 Å². The lowest BCUT2D eigenvalue weighted by Gasteiger charge is -2.39. The maximum Gasteiger partial charge on any atom is 0.150 e. The first-order valence-electron chi connectivity index (χ1n) is 5.32. The van der Waals surface area contributed by atoms with Crippen molar-refractivity contribution in [2.45, 2.75) is 13.0 Å². The van der Waals surface area contributed by atoms with Gasteiger partial charge in [0.25, 0.3) is 0 Å². The van der Waals surface area contributed by atoms with Crippen LogP contribution in [0.2, 0.25) is 0 Å². The molecule has 0 aliphatic carbocycles. The minimum atomic E-state index is 0.487. The van der Waals surface area contributed by atoms with Crippen LogP contribution in [-0.2, 0) is 7.05 Å². The zero-order chi connectivity index (χ0) is 11.0. The molecule has 2 heterocycles. The van der Waals surface area contributed by atoms with Crippen molar-refractivity contribution in [2.75, 3.05) is 37.3 Å². The third kappa shape index (κ3) is 1.79. The van der Waals surface area contributed by atoms with Gasteiger partial charge < -0.3 is 15.5 Å². The molecule has 0 radical (unpaired) electrons. The number of piperazine rings is 1. The molecule has 0 bridgehead atoms. The van der Waals surface area contributed by atoms with Gasteiger partial charge >= 0.3 is 0 Å². The van der Waals surface area contributed by atoms with Gasteiger partial charge in [-0.15, -0.1) is 0 Å². The first-order valence-corrected chi connectivity index (χ1v) is 5.32. The van der Waals surface area contributed by atoms with Gasteiger partial charge in [0.05, 0.1) is 11.9 Å². The average Bonchev–Trinajstić information content (AvgIpc) is 2.48. The van der Waals surface area contributed by atoms with Crippen molar-refractivity contribution >= 4 is 11.5 Å². The Morgan fingerprint density at radius 3 is 2.67 bits per heavy atom. The second-order valence-electron chi connectivity index (χ2n) is 4.35. The number of rotatable bonds is 1. The number of hydrogen-bond donors (Lipinski definition) is 1.